The normalized spacial score (nSPS) is 12.9. The summed E-state index contributed by atoms with van der Waals surface area (Å²) in [5, 5.41) is 0. The predicted molar refractivity (Wildman–Crippen MR) is 57.4 cm³/mol. The van der Waals surface area contributed by atoms with Gasteiger partial charge < -0.3 is 10.3 Å². The summed E-state index contributed by atoms with van der Waals surface area (Å²) in [4.78, 5) is 11.1. The molecule has 14 heavy (non-hydrogen) atoms. The molecule has 1 aromatic rings. The number of rotatable bonds is 3. The van der Waals surface area contributed by atoms with Gasteiger partial charge in [0.05, 0.1) is 5.56 Å². The topological polar surface area (TPSA) is 48.0 Å². The lowest BCUT2D eigenvalue weighted by Gasteiger charge is -2.16. The van der Waals surface area contributed by atoms with Crippen molar-refractivity contribution in [3.8, 4) is 0 Å². The fourth-order valence-electron chi connectivity index (χ4n) is 1.89. The fourth-order valence-corrected chi connectivity index (χ4v) is 1.89. The molecule has 1 amide bonds. The Morgan fingerprint density at radius 1 is 1.57 bits per heavy atom. The second-order valence-corrected chi connectivity index (χ2v) is 3.78. The lowest BCUT2D eigenvalue weighted by atomic mass is 10.2. The molecule has 0 fully saturated rings. The number of nitrogens with two attached hydrogens (primary N) is 1. The number of nitrogens with zero attached hydrogens (tertiary/aromatic N) is 1. The number of carbonyl (C=O) groups excluding carboxylic acids is 1. The second kappa shape index (κ2) is 3.86. The van der Waals surface area contributed by atoms with Crippen molar-refractivity contribution in [1.82, 2.24) is 4.57 Å². The third-order valence-electron chi connectivity index (χ3n) is 2.78. The Bertz CT molecular complexity index is 352. The van der Waals surface area contributed by atoms with Crippen LogP contribution in [-0.2, 0) is 0 Å². The van der Waals surface area contributed by atoms with E-state index in [1.54, 1.807) is 0 Å². The molecular weight excluding hydrogens is 176 g/mol. The summed E-state index contributed by atoms with van der Waals surface area (Å²) < 4.78 is 2.17. The van der Waals surface area contributed by atoms with Gasteiger partial charge >= 0.3 is 0 Å². The lowest BCUT2D eigenvalue weighted by molar-refractivity contribution is 0.0999. The molecule has 0 saturated carbocycles. The molecule has 0 aliphatic rings. The Balaban J connectivity index is 3.24. The van der Waals surface area contributed by atoms with Gasteiger partial charge in [-0.1, -0.05) is 6.92 Å². The molecule has 1 aromatic heterocycles. The first kappa shape index (κ1) is 10.8. The van der Waals surface area contributed by atoms with Crippen molar-refractivity contribution < 1.29 is 4.79 Å². The Morgan fingerprint density at radius 3 is 2.50 bits per heavy atom. The standard InChI is InChI=1S/C11H18N2O/c1-5-7(2)13-8(3)6-10(9(13)4)11(12)14/h6-7H,5H2,1-4H3,(H2,12,14)/t7-/m1/s1. The summed E-state index contributed by atoms with van der Waals surface area (Å²) in [6, 6.07) is 2.28. The third kappa shape index (κ3) is 1.67. The van der Waals surface area contributed by atoms with Gasteiger partial charge in [0.2, 0.25) is 0 Å². The van der Waals surface area contributed by atoms with Crippen LogP contribution >= 0.6 is 0 Å². The van der Waals surface area contributed by atoms with Gasteiger partial charge in [0.15, 0.2) is 0 Å². The van der Waals surface area contributed by atoms with Crippen molar-refractivity contribution in [3.63, 3.8) is 0 Å². The number of amides is 1. The van der Waals surface area contributed by atoms with E-state index in [9.17, 15) is 4.79 Å². The van der Waals surface area contributed by atoms with E-state index in [1.807, 2.05) is 19.9 Å². The Hall–Kier alpha value is -1.25. The average molecular weight is 194 g/mol. The second-order valence-electron chi connectivity index (χ2n) is 3.78. The number of hydrogen-bond acceptors (Lipinski definition) is 1. The van der Waals surface area contributed by atoms with Crippen molar-refractivity contribution in [2.24, 2.45) is 5.73 Å². The number of aryl methyl sites for hydroxylation is 1. The van der Waals surface area contributed by atoms with Crippen molar-refractivity contribution in [1.29, 1.82) is 0 Å². The first-order valence-electron chi connectivity index (χ1n) is 4.97. The highest BCUT2D eigenvalue weighted by Crippen LogP contribution is 2.21. The van der Waals surface area contributed by atoms with Crippen molar-refractivity contribution in [3.05, 3.63) is 23.0 Å². The van der Waals surface area contributed by atoms with Gasteiger partial charge in [0, 0.05) is 17.4 Å². The number of primary amides is 1. The first-order chi connectivity index (χ1) is 6.49. The highest BCUT2D eigenvalue weighted by molar-refractivity contribution is 5.94. The van der Waals surface area contributed by atoms with Crippen LogP contribution in [0.3, 0.4) is 0 Å². The summed E-state index contributed by atoms with van der Waals surface area (Å²) in [5.74, 6) is -0.340. The summed E-state index contributed by atoms with van der Waals surface area (Å²) in [7, 11) is 0. The molecule has 78 valence electrons. The van der Waals surface area contributed by atoms with Crippen LogP contribution in [0.15, 0.2) is 6.07 Å². The fraction of sp³-hybridized carbons (Fsp3) is 0.545. The van der Waals surface area contributed by atoms with E-state index in [1.165, 1.54) is 0 Å². The molecule has 0 aliphatic heterocycles. The molecule has 0 radical (unpaired) electrons. The highest BCUT2D eigenvalue weighted by atomic mass is 16.1. The van der Waals surface area contributed by atoms with E-state index in [4.69, 9.17) is 5.73 Å². The van der Waals surface area contributed by atoms with Crippen LogP contribution < -0.4 is 5.73 Å². The Morgan fingerprint density at radius 2 is 2.14 bits per heavy atom. The molecule has 1 atom stereocenters. The Labute approximate surface area is 84.9 Å². The zero-order valence-electron chi connectivity index (χ0n) is 9.29. The molecule has 0 aliphatic carbocycles. The van der Waals surface area contributed by atoms with E-state index in [0.29, 0.717) is 11.6 Å². The lowest BCUT2D eigenvalue weighted by Crippen LogP contribution is -2.13. The number of hydrogen-bond donors (Lipinski definition) is 1. The highest BCUT2D eigenvalue weighted by Gasteiger charge is 2.15. The van der Waals surface area contributed by atoms with Crippen LogP contribution in [0.25, 0.3) is 0 Å². The molecule has 0 saturated heterocycles. The minimum absolute atomic E-state index is 0.340. The van der Waals surface area contributed by atoms with Gasteiger partial charge in [-0.3, -0.25) is 4.79 Å². The van der Waals surface area contributed by atoms with E-state index < -0.39 is 0 Å². The van der Waals surface area contributed by atoms with Gasteiger partial charge in [0.1, 0.15) is 0 Å². The van der Waals surface area contributed by atoms with Gasteiger partial charge in [-0.25, -0.2) is 0 Å². The van der Waals surface area contributed by atoms with E-state index in [0.717, 1.165) is 17.8 Å². The van der Waals surface area contributed by atoms with E-state index in [-0.39, 0.29) is 5.91 Å². The molecule has 2 N–H and O–H groups in total. The van der Waals surface area contributed by atoms with Gasteiger partial charge in [-0.05, 0) is 33.3 Å². The largest absolute Gasteiger partial charge is 0.366 e. The molecule has 3 heteroatoms. The van der Waals surface area contributed by atoms with Crippen molar-refractivity contribution >= 4 is 5.91 Å². The zero-order chi connectivity index (χ0) is 10.9. The molecular formula is C11H18N2O. The molecule has 0 spiro atoms. The minimum Gasteiger partial charge on any atom is -0.366 e. The molecule has 1 heterocycles. The summed E-state index contributed by atoms with van der Waals surface area (Å²) in [6.07, 6.45) is 1.05. The van der Waals surface area contributed by atoms with Crippen molar-refractivity contribution in [2.75, 3.05) is 0 Å². The van der Waals surface area contributed by atoms with Crippen LogP contribution in [0.4, 0.5) is 0 Å². The minimum atomic E-state index is -0.340. The van der Waals surface area contributed by atoms with Crippen LogP contribution in [0.1, 0.15) is 48.1 Å². The monoisotopic (exact) mass is 194 g/mol. The molecule has 0 unspecified atom stereocenters. The molecule has 1 rings (SSSR count). The maximum absolute atomic E-state index is 11.1. The average Bonchev–Trinajstić information content (AvgIpc) is 2.41. The van der Waals surface area contributed by atoms with Crippen LogP contribution in [0.2, 0.25) is 0 Å². The van der Waals surface area contributed by atoms with E-state index in [2.05, 4.69) is 18.4 Å². The smallest absolute Gasteiger partial charge is 0.250 e. The van der Waals surface area contributed by atoms with Gasteiger partial charge in [-0.15, -0.1) is 0 Å². The van der Waals surface area contributed by atoms with Crippen LogP contribution in [0.5, 0.6) is 0 Å². The maximum atomic E-state index is 11.1. The first-order valence-corrected chi connectivity index (χ1v) is 4.97. The summed E-state index contributed by atoms with van der Waals surface area (Å²) in [6.45, 7) is 8.23. The predicted octanol–water partition coefficient (Wildman–Crippen LogP) is 2.17. The number of aromatic nitrogens is 1. The van der Waals surface area contributed by atoms with Crippen LogP contribution in [0, 0.1) is 13.8 Å². The maximum Gasteiger partial charge on any atom is 0.250 e. The molecule has 3 nitrogen and oxygen atoms in total. The van der Waals surface area contributed by atoms with E-state index >= 15 is 0 Å². The summed E-state index contributed by atoms with van der Waals surface area (Å²) in [5.41, 5.74) is 8.01. The van der Waals surface area contributed by atoms with Gasteiger partial charge in [0.25, 0.3) is 5.91 Å². The molecule has 0 aromatic carbocycles. The van der Waals surface area contributed by atoms with Crippen molar-refractivity contribution in [2.45, 2.75) is 40.2 Å². The SMILES string of the molecule is CC[C@@H](C)n1c(C)cc(C(N)=O)c1C. The third-order valence-corrected chi connectivity index (χ3v) is 2.78. The summed E-state index contributed by atoms with van der Waals surface area (Å²) >= 11 is 0. The molecule has 0 bridgehead atoms. The van der Waals surface area contributed by atoms with Crippen LogP contribution in [-0.4, -0.2) is 10.5 Å². The quantitative estimate of drug-likeness (QED) is 0.787. The van der Waals surface area contributed by atoms with Gasteiger partial charge in [-0.2, -0.15) is 0 Å². The Kier molecular flexibility index (Phi) is 2.99. The number of carbonyl (C=O) groups is 1. The zero-order valence-corrected chi connectivity index (χ0v) is 9.29.